The quantitative estimate of drug-likeness (QED) is 0.814. The molecule has 0 aromatic heterocycles. The molecule has 0 fully saturated rings. The normalized spacial score (nSPS) is 16.2. The molecule has 23 heavy (non-hydrogen) atoms. The second kappa shape index (κ2) is 6.06. The number of ketones is 2. The molecule has 1 unspecified atom stereocenters. The highest BCUT2D eigenvalue weighted by Crippen LogP contribution is 2.31. The molecular formula is C17H18O6. The van der Waals surface area contributed by atoms with E-state index in [1.807, 2.05) is 0 Å². The highest BCUT2D eigenvalue weighted by molar-refractivity contribution is 6.26. The zero-order chi connectivity index (χ0) is 17.4. The van der Waals surface area contributed by atoms with E-state index in [1.165, 1.54) is 26.0 Å². The van der Waals surface area contributed by atoms with Crippen LogP contribution in [0.5, 0.6) is 0 Å². The third-order valence-corrected chi connectivity index (χ3v) is 3.63. The van der Waals surface area contributed by atoms with Gasteiger partial charge >= 0.3 is 5.97 Å². The maximum atomic E-state index is 12.6. The summed E-state index contributed by atoms with van der Waals surface area (Å²) in [5, 5.41) is 19.9. The minimum absolute atomic E-state index is 0.112. The summed E-state index contributed by atoms with van der Waals surface area (Å²) in [7, 11) is 0. The molecule has 6 nitrogen and oxygen atoms in total. The second-order valence-electron chi connectivity index (χ2n) is 5.98. The van der Waals surface area contributed by atoms with Crippen molar-refractivity contribution in [3.05, 3.63) is 46.7 Å². The van der Waals surface area contributed by atoms with Crippen molar-refractivity contribution in [3.63, 3.8) is 0 Å². The summed E-state index contributed by atoms with van der Waals surface area (Å²) in [6, 6.07) is 6.19. The number of hydrogen-bond acceptors (Lipinski definition) is 6. The number of carbonyl (C=O) groups is 3. The first kappa shape index (κ1) is 17.1. The first-order valence-electron chi connectivity index (χ1n) is 7.13. The molecule has 1 aromatic carbocycles. The molecule has 0 amide bonds. The van der Waals surface area contributed by atoms with Crippen LogP contribution in [0.25, 0.3) is 0 Å². The summed E-state index contributed by atoms with van der Waals surface area (Å²) in [4.78, 5) is 36.4. The SMILES string of the molecule is CC(=O)OC1=C(CC(O)C(C)(C)O)C(=O)c2ccccc2C1=O. The minimum Gasteiger partial charge on any atom is -0.422 e. The van der Waals surface area contributed by atoms with Crippen molar-refractivity contribution in [2.75, 3.05) is 0 Å². The van der Waals surface area contributed by atoms with Gasteiger partial charge in [-0.3, -0.25) is 14.4 Å². The molecule has 2 N–H and O–H groups in total. The highest BCUT2D eigenvalue weighted by atomic mass is 16.5. The number of benzene rings is 1. The summed E-state index contributed by atoms with van der Waals surface area (Å²) in [6.07, 6.45) is -1.60. The van der Waals surface area contributed by atoms with Crippen LogP contribution < -0.4 is 0 Å². The molecule has 0 radical (unpaired) electrons. The van der Waals surface area contributed by atoms with Crippen molar-refractivity contribution in [1.82, 2.24) is 0 Å². The number of hydrogen-bond donors (Lipinski definition) is 2. The van der Waals surface area contributed by atoms with Crippen LogP contribution in [0.4, 0.5) is 0 Å². The predicted molar refractivity (Wildman–Crippen MR) is 80.8 cm³/mol. The Bertz CT molecular complexity index is 708. The molecule has 0 saturated carbocycles. The van der Waals surface area contributed by atoms with E-state index in [1.54, 1.807) is 12.1 Å². The van der Waals surface area contributed by atoms with E-state index in [0.717, 1.165) is 6.92 Å². The Kier molecular flexibility index (Phi) is 4.49. The number of allylic oxidation sites excluding steroid dienone is 1. The topological polar surface area (TPSA) is 101 Å². The van der Waals surface area contributed by atoms with Gasteiger partial charge in [0.05, 0.1) is 11.7 Å². The molecular weight excluding hydrogens is 300 g/mol. The standard InChI is InChI=1S/C17H18O6/c1-9(18)23-16-12(8-13(19)17(2,3)22)14(20)10-6-4-5-7-11(10)15(16)21/h4-7,13,19,22H,8H2,1-3H3. The van der Waals surface area contributed by atoms with Gasteiger partial charge in [-0.2, -0.15) is 0 Å². The third-order valence-electron chi connectivity index (χ3n) is 3.63. The maximum absolute atomic E-state index is 12.6. The fourth-order valence-corrected chi connectivity index (χ4v) is 2.28. The number of aliphatic hydroxyl groups is 2. The second-order valence-corrected chi connectivity index (χ2v) is 5.98. The molecule has 122 valence electrons. The van der Waals surface area contributed by atoms with Crippen molar-refractivity contribution >= 4 is 17.5 Å². The predicted octanol–water partition coefficient (Wildman–Crippen LogP) is 1.40. The van der Waals surface area contributed by atoms with Crippen molar-refractivity contribution in [2.24, 2.45) is 0 Å². The molecule has 1 atom stereocenters. The Morgan fingerprint density at radius 3 is 2.17 bits per heavy atom. The van der Waals surface area contributed by atoms with Gasteiger partial charge in [0.15, 0.2) is 11.5 Å². The summed E-state index contributed by atoms with van der Waals surface area (Å²) >= 11 is 0. The smallest absolute Gasteiger partial charge is 0.308 e. The van der Waals surface area contributed by atoms with Gasteiger partial charge in [-0.15, -0.1) is 0 Å². The van der Waals surface area contributed by atoms with Crippen molar-refractivity contribution < 1.29 is 29.3 Å². The van der Waals surface area contributed by atoms with Gasteiger partial charge in [0.25, 0.3) is 0 Å². The number of rotatable bonds is 4. The van der Waals surface area contributed by atoms with Crippen molar-refractivity contribution in [3.8, 4) is 0 Å². The van der Waals surface area contributed by atoms with Gasteiger partial charge in [-0.1, -0.05) is 24.3 Å². The maximum Gasteiger partial charge on any atom is 0.308 e. The van der Waals surface area contributed by atoms with Crippen molar-refractivity contribution in [2.45, 2.75) is 38.9 Å². The van der Waals surface area contributed by atoms with Crippen molar-refractivity contribution in [1.29, 1.82) is 0 Å². The van der Waals surface area contributed by atoms with Gasteiger partial charge in [0.1, 0.15) is 0 Å². The summed E-state index contributed by atoms with van der Waals surface area (Å²) < 4.78 is 4.93. The summed E-state index contributed by atoms with van der Waals surface area (Å²) in [5.41, 5.74) is -1.26. The Morgan fingerprint density at radius 2 is 1.70 bits per heavy atom. The molecule has 2 rings (SSSR count). The molecule has 0 heterocycles. The lowest BCUT2D eigenvalue weighted by molar-refractivity contribution is -0.136. The lowest BCUT2D eigenvalue weighted by Gasteiger charge is -2.27. The highest BCUT2D eigenvalue weighted by Gasteiger charge is 2.37. The van der Waals surface area contributed by atoms with E-state index in [4.69, 9.17) is 4.74 Å². The van der Waals surface area contributed by atoms with Crippen LogP contribution in [0.2, 0.25) is 0 Å². The van der Waals surface area contributed by atoms with E-state index < -0.39 is 29.2 Å². The fourth-order valence-electron chi connectivity index (χ4n) is 2.28. The largest absolute Gasteiger partial charge is 0.422 e. The molecule has 0 spiro atoms. The lowest BCUT2D eigenvalue weighted by atomic mass is 9.83. The van der Waals surface area contributed by atoms with Crippen LogP contribution >= 0.6 is 0 Å². The van der Waals surface area contributed by atoms with Gasteiger partial charge in [-0.05, 0) is 13.8 Å². The zero-order valence-electron chi connectivity index (χ0n) is 13.1. The number of esters is 1. The van der Waals surface area contributed by atoms with E-state index in [-0.39, 0.29) is 28.9 Å². The van der Waals surface area contributed by atoms with Crippen LogP contribution in [0.3, 0.4) is 0 Å². The Labute approximate surface area is 133 Å². The first-order chi connectivity index (χ1) is 10.6. The molecule has 1 aliphatic rings. The molecule has 6 heteroatoms. The molecule has 0 aliphatic heterocycles. The number of Topliss-reactive ketones (excluding diaryl/α,β-unsaturated/α-hetero) is 2. The van der Waals surface area contributed by atoms with Crippen LogP contribution in [-0.2, 0) is 9.53 Å². The number of carbonyl (C=O) groups excluding carboxylic acids is 3. The molecule has 1 aromatic rings. The lowest BCUT2D eigenvalue weighted by Crippen LogP contribution is -2.38. The molecule has 0 bridgehead atoms. The zero-order valence-corrected chi connectivity index (χ0v) is 13.1. The van der Waals surface area contributed by atoms with E-state index in [9.17, 15) is 24.6 Å². The Morgan fingerprint density at radius 1 is 1.17 bits per heavy atom. The van der Waals surface area contributed by atoms with Gasteiger partial charge < -0.3 is 14.9 Å². The minimum atomic E-state index is -1.48. The summed E-state index contributed by atoms with van der Waals surface area (Å²) in [5.74, 6) is -2.21. The Balaban J connectivity index is 2.54. The molecule has 1 aliphatic carbocycles. The van der Waals surface area contributed by atoms with Crippen LogP contribution in [0.15, 0.2) is 35.6 Å². The van der Waals surface area contributed by atoms with Gasteiger partial charge in [-0.25, -0.2) is 0 Å². The monoisotopic (exact) mass is 318 g/mol. The van der Waals surface area contributed by atoms with Crippen LogP contribution in [-0.4, -0.2) is 39.5 Å². The van der Waals surface area contributed by atoms with Crippen LogP contribution in [0.1, 0.15) is 47.9 Å². The van der Waals surface area contributed by atoms with Gasteiger partial charge in [0, 0.05) is 30.0 Å². The van der Waals surface area contributed by atoms with Gasteiger partial charge in [0.2, 0.25) is 5.78 Å². The molecule has 0 saturated heterocycles. The van der Waals surface area contributed by atoms with Crippen LogP contribution in [0, 0.1) is 0 Å². The summed E-state index contributed by atoms with van der Waals surface area (Å²) in [6.45, 7) is 3.88. The van der Waals surface area contributed by atoms with E-state index >= 15 is 0 Å². The number of aliphatic hydroxyl groups excluding tert-OH is 1. The first-order valence-corrected chi connectivity index (χ1v) is 7.13. The number of ether oxygens (including phenoxy) is 1. The van der Waals surface area contributed by atoms with E-state index in [2.05, 4.69) is 0 Å². The number of fused-ring (bicyclic) bond motifs is 1. The average molecular weight is 318 g/mol. The average Bonchev–Trinajstić information content (AvgIpc) is 2.46. The third kappa shape index (κ3) is 3.38. The Hall–Kier alpha value is -2.31. The fraction of sp³-hybridized carbons (Fsp3) is 0.353. The van der Waals surface area contributed by atoms with E-state index in [0.29, 0.717) is 0 Å².